The van der Waals surface area contributed by atoms with Crippen LogP contribution in [0.25, 0.3) is 0 Å². The summed E-state index contributed by atoms with van der Waals surface area (Å²) in [5.41, 5.74) is 0. The molecule has 1 aliphatic heterocycles. The molecule has 0 aliphatic carbocycles. The maximum absolute atomic E-state index is 12.4. The first kappa shape index (κ1) is 22.0. The molecule has 0 amide bonds. The number of halogens is 1. The monoisotopic (exact) mass is 520 g/mol. The van der Waals surface area contributed by atoms with Crippen molar-refractivity contribution in [1.82, 2.24) is 10.2 Å². The van der Waals surface area contributed by atoms with Crippen LogP contribution in [0.1, 0.15) is 0 Å². The highest BCUT2D eigenvalue weighted by molar-refractivity contribution is 14.0. The van der Waals surface area contributed by atoms with Gasteiger partial charge in [-0.25, -0.2) is 8.42 Å². The number of hydrogen-bond donors (Lipinski definition) is 1. The van der Waals surface area contributed by atoms with E-state index in [-0.39, 0.29) is 29.7 Å². The molecule has 0 radical (unpaired) electrons. The van der Waals surface area contributed by atoms with Crippen LogP contribution in [0.2, 0.25) is 0 Å². The average molecular weight is 520 g/mol. The van der Waals surface area contributed by atoms with E-state index in [1.54, 1.807) is 42.6 Å². The molecule has 3 rings (SSSR count). The fourth-order valence-corrected chi connectivity index (χ4v) is 4.93. The van der Waals surface area contributed by atoms with Crippen molar-refractivity contribution in [1.29, 1.82) is 0 Å². The third-order valence-electron chi connectivity index (χ3n) is 4.37. The predicted molar refractivity (Wildman–Crippen MR) is 123 cm³/mol. The van der Waals surface area contributed by atoms with Gasteiger partial charge in [0.15, 0.2) is 15.8 Å². The topological polar surface area (TPSA) is 65.0 Å². The lowest BCUT2D eigenvalue weighted by molar-refractivity contribution is 0.374. The Hall–Kier alpha value is -1.33. The number of aliphatic imine (C=N–C) groups is 1. The SMILES string of the molecule is CN=C(NCCS(=O)(=O)c1ccccc1)N1CCN(c2cccs2)CC1.I. The van der Waals surface area contributed by atoms with Gasteiger partial charge in [-0.2, -0.15) is 0 Å². The van der Waals surface area contributed by atoms with Crippen LogP contribution < -0.4 is 10.2 Å². The number of sulfone groups is 1. The third-order valence-corrected chi connectivity index (χ3v) is 7.03. The molecular formula is C18H25IN4O2S2. The molecule has 148 valence electrons. The first-order valence-corrected chi connectivity index (χ1v) is 11.2. The zero-order chi connectivity index (χ0) is 18.4. The van der Waals surface area contributed by atoms with Gasteiger partial charge in [-0.1, -0.05) is 18.2 Å². The van der Waals surface area contributed by atoms with E-state index in [1.165, 1.54) is 5.00 Å². The highest BCUT2D eigenvalue weighted by atomic mass is 127. The molecule has 0 unspecified atom stereocenters. The summed E-state index contributed by atoms with van der Waals surface area (Å²) in [7, 11) is -1.54. The van der Waals surface area contributed by atoms with E-state index < -0.39 is 9.84 Å². The zero-order valence-electron chi connectivity index (χ0n) is 15.2. The second-order valence-corrected chi connectivity index (χ2v) is 9.07. The van der Waals surface area contributed by atoms with Gasteiger partial charge in [0.2, 0.25) is 0 Å². The third kappa shape index (κ3) is 5.82. The van der Waals surface area contributed by atoms with Crippen LogP contribution in [0.15, 0.2) is 57.7 Å². The van der Waals surface area contributed by atoms with Crippen LogP contribution in [0.5, 0.6) is 0 Å². The second-order valence-electron chi connectivity index (χ2n) is 6.03. The number of nitrogens with one attached hydrogen (secondary N) is 1. The van der Waals surface area contributed by atoms with Gasteiger partial charge in [0.05, 0.1) is 15.6 Å². The molecule has 1 saturated heterocycles. The van der Waals surface area contributed by atoms with Gasteiger partial charge in [0.1, 0.15) is 0 Å². The van der Waals surface area contributed by atoms with E-state index in [9.17, 15) is 8.42 Å². The molecule has 27 heavy (non-hydrogen) atoms. The lowest BCUT2D eigenvalue weighted by Crippen LogP contribution is -2.53. The summed E-state index contributed by atoms with van der Waals surface area (Å²) in [4.78, 5) is 9.22. The Kier molecular flexibility index (Phi) is 8.36. The summed E-state index contributed by atoms with van der Waals surface area (Å²) >= 11 is 1.75. The number of benzene rings is 1. The molecule has 1 aromatic heterocycles. The van der Waals surface area contributed by atoms with Crippen molar-refractivity contribution in [3.8, 4) is 0 Å². The number of piperazine rings is 1. The summed E-state index contributed by atoms with van der Waals surface area (Å²) in [6, 6.07) is 12.8. The van der Waals surface area contributed by atoms with Crippen molar-refractivity contribution in [2.24, 2.45) is 4.99 Å². The Bertz CT molecular complexity index is 818. The van der Waals surface area contributed by atoms with Crippen molar-refractivity contribution in [2.45, 2.75) is 4.90 Å². The number of anilines is 1. The van der Waals surface area contributed by atoms with Crippen molar-refractivity contribution >= 4 is 56.1 Å². The summed E-state index contributed by atoms with van der Waals surface area (Å²) in [6.07, 6.45) is 0. The lowest BCUT2D eigenvalue weighted by atomic mass is 10.3. The fraction of sp³-hybridized carbons (Fsp3) is 0.389. The molecule has 6 nitrogen and oxygen atoms in total. The Morgan fingerprint density at radius 2 is 1.81 bits per heavy atom. The van der Waals surface area contributed by atoms with Gasteiger partial charge >= 0.3 is 0 Å². The largest absolute Gasteiger partial charge is 0.360 e. The van der Waals surface area contributed by atoms with Crippen LogP contribution in [-0.2, 0) is 9.84 Å². The van der Waals surface area contributed by atoms with Crippen molar-refractivity contribution < 1.29 is 8.42 Å². The Labute approximate surface area is 182 Å². The molecule has 0 saturated carbocycles. The van der Waals surface area contributed by atoms with Gasteiger partial charge in [-0.3, -0.25) is 4.99 Å². The smallest absolute Gasteiger partial charge is 0.193 e. The summed E-state index contributed by atoms with van der Waals surface area (Å²) < 4.78 is 24.7. The number of guanidine groups is 1. The van der Waals surface area contributed by atoms with Crippen LogP contribution in [0.4, 0.5) is 5.00 Å². The van der Waals surface area contributed by atoms with Crippen LogP contribution in [0, 0.1) is 0 Å². The van der Waals surface area contributed by atoms with E-state index in [2.05, 4.69) is 37.6 Å². The van der Waals surface area contributed by atoms with E-state index in [1.807, 2.05) is 6.07 Å². The molecule has 0 spiro atoms. The Morgan fingerprint density at radius 1 is 1.11 bits per heavy atom. The van der Waals surface area contributed by atoms with Crippen molar-refractivity contribution in [3.63, 3.8) is 0 Å². The number of nitrogens with zero attached hydrogens (tertiary/aromatic N) is 3. The van der Waals surface area contributed by atoms with Crippen molar-refractivity contribution in [2.75, 3.05) is 50.4 Å². The van der Waals surface area contributed by atoms with Crippen LogP contribution in [-0.4, -0.2) is 64.8 Å². The van der Waals surface area contributed by atoms with Crippen LogP contribution >= 0.6 is 35.3 Å². The standard InChI is InChI=1S/C18H24N4O2S2.HI/c1-19-18(20-9-15-26(23,24)16-6-3-2-4-7-16)22-12-10-21(11-13-22)17-8-5-14-25-17;/h2-8,14H,9-13,15H2,1H3,(H,19,20);1H. The molecule has 2 heterocycles. The minimum Gasteiger partial charge on any atom is -0.360 e. The first-order chi connectivity index (χ1) is 12.6. The molecule has 1 N–H and O–H groups in total. The maximum Gasteiger partial charge on any atom is 0.193 e. The quantitative estimate of drug-likeness (QED) is 0.373. The van der Waals surface area contributed by atoms with Gasteiger partial charge < -0.3 is 15.1 Å². The Balaban J connectivity index is 0.00000261. The van der Waals surface area contributed by atoms with E-state index >= 15 is 0 Å². The minimum absolute atomic E-state index is 0. The number of thiophene rings is 1. The predicted octanol–water partition coefficient (Wildman–Crippen LogP) is 2.54. The maximum atomic E-state index is 12.4. The fourth-order valence-electron chi connectivity index (χ4n) is 2.96. The zero-order valence-corrected chi connectivity index (χ0v) is 19.2. The molecule has 9 heteroatoms. The molecule has 0 bridgehead atoms. The van der Waals surface area contributed by atoms with E-state index in [0.717, 1.165) is 32.1 Å². The number of rotatable bonds is 5. The van der Waals surface area contributed by atoms with Gasteiger partial charge in [0.25, 0.3) is 0 Å². The normalized spacial score (nSPS) is 15.4. The van der Waals surface area contributed by atoms with E-state index in [4.69, 9.17) is 0 Å². The molecule has 2 aromatic rings. The molecule has 1 aliphatic rings. The van der Waals surface area contributed by atoms with Gasteiger partial charge in [0, 0.05) is 39.8 Å². The Morgan fingerprint density at radius 3 is 2.41 bits per heavy atom. The van der Waals surface area contributed by atoms with Gasteiger partial charge in [-0.15, -0.1) is 35.3 Å². The molecular weight excluding hydrogens is 495 g/mol. The van der Waals surface area contributed by atoms with Gasteiger partial charge in [-0.05, 0) is 29.6 Å². The highest BCUT2D eigenvalue weighted by Gasteiger charge is 2.21. The minimum atomic E-state index is -3.28. The lowest BCUT2D eigenvalue weighted by Gasteiger charge is -2.37. The van der Waals surface area contributed by atoms with Crippen LogP contribution in [0.3, 0.4) is 0 Å². The van der Waals surface area contributed by atoms with Crippen molar-refractivity contribution in [3.05, 3.63) is 47.8 Å². The highest BCUT2D eigenvalue weighted by Crippen LogP contribution is 2.22. The summed E-state index contributed by atoms with van der Waals surface area (Å²) in [5.74, 6) is 0.810. The molecule has 1 fully saturated rings. The first-order valence-electron chi connectivity index (χ1n) is 8.62. The summed E-state index contributed by atoms with van der Waals surface area (Å²) in [6.45, 7) is 3.94. The average Bonchev–Trinajstić information content (AvgIpc) is 3.21. The number of hydrogen-bond acceptors (Lipinski definition) is 5. The molecule has 0 atom stereocenters. The molecule has 1 aromatic carbocycles. The van der Waals surface area contributed by atoms with E-state index in [0.29, 0.717) is 11.4 Å². The second kappa shape index (κ2) is 10.3. The summed E-state index contributed by atoms with van der Waals surface area (Å²) in [5, 5.41) is 6.58.